The van der Waals surface area contributed by atoms with Gasteiger partial charge in [0.1, 0.15) is 5.69 Å². The van der Waals surface area contributed by atoms with Gasteiger partial charge in [-0.1, -0.05) is 59.6 Å². The number of benzene rings is 2. The topological polar surface area (TPSA) is 58.2 Å². The number of hydrogen-bond donors (Lipinski definition) is 1. The fourth-order valence-corrected chi connectivity index (χ4v) is 4.00. The average molecular weight is 396 g/mol. The Morgan fingerprint density at radius 1 is 1.18 bits per heavy atom. The molecule has 1 aliphatic heterocycles. The van der Waals surface area contributed by atoms with Crippen LogP contribution in [-0.4, -0.2) is 41.3 Å². The van der Waals surface area contributed by atoms with Crippen LogP contribution in [0.2, 0.25) is 5.02 Å². The maximum atomic E-state index is 13.2. The molecule has 6 heteroatoms. The van der Waals surface area contributed by atoms with Gasteiger partial charge in [-0.2, -0.15) is 5.10 Å². The highest BCUT2D eigenvalue weighted by Crippen LogP contribution is 2.44. The van der Waals surface area contributed by atoms with Gasteiger partial charge in [-0.3, -0.25) is 9.89 Å². The van der Waals surface area contributed by atoms with E-state index in [4.69, 9.17) is 16.3 Å². The van der Waals surface area contributed by atoms with Gasteiger partial charge in [-0.15, -0.1) is 0 Å². The maximum Gasteiger partial charge on any atom is 0.273 e. The van der Waals surface area contributed by atoms with Gasteiger partial charge in [-0.25, -0.2) is 0 Å². The summed E-state index contributed by atoms with van der Waals surface area (Å²) in [4.78, 5) is 15.0. The molecule has 0 bridgehead atoms. The molecule has 144 valence electrons. The number of halogens is 1. The van der Waals surface area contributed by atoms with Gasteiger partial charge in [-0.05, 0) is 25.0 Å². The number of methoxy groups -OCH3 is 1. The second kappa shape index (κ2) is 7.78. The predicted octanol–water partition coefficient (Wildman–Crippen LogP) is 4.62. The van der Waals surface area contributed by atoms with Crippen LogP contribution in [0.3, 0.4) is 0 Å². The summed E-state index contributed by atoms with van der Waals surface area (Å²) >= 11 is 6.54. The molecule has 0 aliphatic carbocycles. The van der Waals surface area contributed by atoms with Crippen molar-refractivity contribution in [3.05, 3.63) is 75.9 Å². The van der Waals surface area contributed by atoms with Crippen LogP contribution in [-0.2, 0) is 4.74 Å². The van der Waals surface area contributed by atoms with Crippen LogP contribution in [0.4, 0.5) is 0 Å². The summed E-state index contributed by atoms with van der Waals surface area (Å²) in [5, 5.41) is 8.10. The lowest BCUT2D eigenvalue weighted by Crippen LogP contribution is -2.31. The third-order valence-corrected chi connectivity index (χ3v) is 5.48. The van der Waals surface area contributed by atoms with Gasteiger partial charge in [0.15, 0.2) is 0 Å². The molecule has 28 heavy (non-hydrogen) atoms. The third-order valence-electron chi connectivity index (χ3n) is 5.14. The van der Waals surface area contributed by atoms with Crippen molar-refractivity contribution in [2.45, 2.75) is 19.4 Å². The van der Waals surface area contributed by atoms with Crippen LogP contribution in [0.5, 0.6) is 0 Å². The zero-order chi connectivity index (χ0) is 19.7. The summed E-state index contributed by atoms with van der Waals surface area (Å²) in [7, 11) is 1.67. The first kappa shape index (κ1) is 18.7. The molecule has 0 spiro atoms. The van der Waals surface area contributed by atoms with Crippen LogP contribution < -0.4 is 0 Å². The maximum absolute atomic E-state index is 13.2. The second-order valence-corrected chi connectivity index (χ2v) is 7.40. The molecule has 1 aromatic heterocycles. The molecule has 1 unspecified atom stereocenters. The van der Waals surface area contributed by atoms with Crippen molar-refractivity contribution in [1.82, 2.24) is 15.1 Å². The van der Waals surface area contributed by atoms with E-state index in [1.54, 1.807) is 7.11 Å². The Kier molecular flexibility index (Phi) is 5.20. The number of aryl methyl sites for hydroxylation is 1. The number of carbonyl (C=O) groups excluding carboxylic acids is 1. The van der Waals surface area contributed by atoms with Crippen LogP contribution >= 0.6 is 11.6 Å². The lowest BCUT2D eigenvalue weighted by molar-refractivity contribution is 0.0723. The van der Waals surface area contributed by atoms with Crippen LogP contribution in [0.15, 0.2) is 48.5 Å². The zero-order valence-corrected chi connectivity index (χ0v) is 16.7. The summed E-state index contributed by atoms with van der Waals surface area (Å²) in [5.41, 5.74) is 5.28. The first-order chi connectivity index (χ1) is 13.6. The Morgan fingerprint density at radius 2 is 1.93 bits per heavy atom. The number of aromatic amines is 1. The predicted molar refractivity (Wildman–Crippen MR) is 110 cm³/mol. The van der Waals surface area contributed by atoms with Crippen molar-refractivity contribution < 1.29 is 9.53 Å². The second-order valence-electron chi connectivity index (χ2n) is 7.00. The number of amides is 1. The number of rotatable bonds is 6. The zero-order valence-electron chi connectivity index (χ0n) is 15.9. The highest BCUT2D eigenvalue weighted by atomic mass is 35.5. The van der Waals surface area contributed by atoms with Gasteiger partial charge in [0.05, 0.1) is 11.7 Å². The molecule has 1 atom stereocenters. The molecule has 2 aromatic carbocycles. The number of hydrogen-bond acceptors (Lipinski definition) is 3. The third kappa shape index (κ3) is 3.21. The quantitative estimate of drug-likeness (QED) is 0.619. The first-order valence-electron chi connectivity index (χ1n) is 9.31. The Morgan fingerprint density at radius 3 is 2.64 bits per heavy atom. The molecule has 0 saturated carbocycles. The average Bonchev–Trinajstić information content (AvgIpc) is 3.23. The minimum Gasteiger partial charge on any atom is -0.385 e. The van der Waals surface area contributed by atoms with E-state index in [1.807, 2.05) is 60.4 Å². The van der Waals surface area contributed by atoms with Crippen LogP contribution in [0.1, 0.15) is 39.6 Å². The lowest BCUT2D eigenvalue weighted by Gasteiger charge is -2.27. The largest absolute Gasteiger partial charge is 0.385 e. The number of nitrogens with zero attached hydrogens (tertiary/aromatic N) is 2. The number of ether oxygens (including phenoxy) is 1. The first-order valence-corrected chi connectivity index (χ1v) is 9.69. The Hall–Kier alpha value is -2.63. The number of nitrogens with one attached hydrogen (secondary N) is 1. The molecule has 0 radical (unpaired) electrons. The molecule has 1 amide bonds. The molecule has 0 fully saturated rings. The van der Waals surface area contributed by atoms with Gasteiger partial charge in [0.25, 0.3) is 5.91 Å². The Bertz CT molecular complexity index is 997. The van der Waals surface area contributed by atoms with Crippen molar-refractivity contribution in [3.8, 4) is 11.3 Å². The molecule has 5 nitrogen and oxygen atoms in total. The van der Waals surface area contributed by atoms with Crippen molar-refractivity contribution >= 4 is 17.5 Å². The number of aromatic nitrogens is 2. The van der Waals surface area contributed by atoms with E-state index >= 15 is 0 Å². The summed E-state index contributed by atoms with van der Waals surface area (Å²) in [6.07, 6.45) is 0.751. The monoisotopic (exact) mass is 395 g/mol. The van der Waals surface area contributed by atoms with Crippen molar-refractivity contribution in [3.63, 3.8) is 0 Å². The lowest BCUT2D eigenvalue weighted by atomic mass is 9.95. The van der Waals surface area contributed by atoms with E-state index in [0.717, 1.165) is 28.8 Å². The fraction of sp³-hybridized carbons (Fsp3) is 0.273. The van der Waals surface area contributed by atoms with Gasteiger partial charge in [0, 0.05) is 36.4 Å². The van der Waals surface area contributed by atoms with E-state index in [0.29, 0.717) is 23.9 Å². The van der Waals surface area contributed by atoms with Gasteiger partial charge < -0.3 is 9.64 Å². The highest BCUT2D eigenvalue weighted by Gasteiger charge is 2.42. The molecular formula is C22H22ClN3O2. The fourth-order valence-electron chi connectivity index (χ4n) is 3.76. The summed E-state index contributed by atoms with van der Waals surface area (Å²) < 4.78 is 5.18. The smallest absolute Gasteiger partial charge is 0.273 e. The van der Waals surface area contributed by atoms with E-state index in [2.05, 4.69) is 10.2 Å². The van der Waals surface area contributed by atoms with E-state index < -0.39 is 0 Å². The van der Waals surface area contributed by atoms with Crippen LogP contribution in [0.25, 0.3) is 11.3 Å². The van der Waals surface area contributed by atoms with Crippen LogP contribution in [0, 0.1) is 6.92 Å². The summed E-state index contributed by atoms with van der Waals surface area (Å²) in [6, 6.07) is 15.6. The minimum atomic E-state index is -0.275. The summed E-state index contributed by atoms with van der Waals surface area (Å²) in [5.74, 6) is -0.0538. The summed E-state index contributed by atoms with van der Waals surface area (Å²) in [6.45, 7) is 3.22. The molecule has 1 N–H and O–H groups in total. The van der Waals surface area contributed by atoms with Crippen molar-refractivity contribution in [2.75, 3.05) is 20.3 Å². The van der Waals surface area contributed by atoms with E-state index in [9.17, 15) is 4.79 Å². The highest BCUT2D eigenvalue weighted by molar-refractivity contribution is 6.31. The van der Waals surface area contributed by atoms with Crippen molar-refractivity contribution in [2.24, 2.45) is 0 Å². The normalized spacial score (nSPS) is 15.9. The molecule has 2 heterocycles. The number of H-pyrrole nitrogens is 1. The number of fused-ring (bicyclic) bond motifs is 1. The SMILES string of the molecule is COCCCN1C(=O)c2[nH]nc(-c3ccc(C)cc3)c2C1c1ccccc1Cl. The Labute approximate surface area is 169 Å². The molecule has 0 saturated heterocycles. The van der Waals surface area contributed by atoms with E-state index in [1.165, 1.54) is 5.56 Å². The van der Waals surface area contributed by atoms with Gasteiger partial charge >= 0.3 is 0 Å². The Balaban J connectivity index is 1.83. The van der Waals surface area contributed by atoms with Crippen molar-refractivity contribution in [1.29, 1.82) is 0 Å². The van der Waals surface area contributed by atoms with Gasteiger partial charge in [0.2, 0.25) is 0 Å². The molecule has 1 aliphatic rings. The minimum absolute atomic E-state index is 0.0538. The molecule has 3 aromatic rings. The number of carbonyl (C=O) groups is 1. The standard InChI is InChI=1S/C22H22ClN3O2/c1-14-8-10-15(11-9-14)19-18-20(25-24-19)22(27)26(12-5-13-28-2)21(18)16-6-3-4-7-17(16)23/h3-4,6-11,21H,5,12-13H2,1-2H3,(H,24,25). The van der Waals surface area contributed by atoms with E-state index in [-0.39, 0.29) is 11.9 Å². The molecular weight excluding hydrogens is 374 g/mol. The molecule has 4 rings (SSSR count).